The molecule has 4 heteroatoms. The molecule has 0 spiro atoms. The van der Waals surface area contributed by atoms with Gasteiger partial charge >= 0.3 is 0 Å². The highest BCUT2D eigenvalue weighted by atomic mass is 16.2. The first kappa shape index (κ1) is 17.9. The van der Waals surface area contributed by atoms with Gasteiger partial charge in [0.25, 0.3) is 0 Å². The van der Waals surface area contributed by atoms with Gasteiger partial charge in [-0.15, -0.1) is 0 Å². The molecule has 1 atom stereocenters. The summed E-state index contributed by atoms with van der Waals surface area (Å²) in [7, 11) is 0. The molecular weight excluding hydrogens is 324 g/mol. The molecule has 2 aromatic carbocycles. The molecule has 1 unspecified atom stereocenters. The highest BCUT2D eigenvalue weighted by Gasteiger charge is 2.27. The minimum Gasteiger partial charge on any atom is -0.323 e. The van der Waals surface area contributed by atoms with E-state index in [1.165, 1.54) is 11.6 Å². The first-order valence-electron chi connectivity index (χ1n) is 9.04. The molecule has 0 aliphatic carbocycles. The van der Waals surface area contributed by atoms with E-state index >= 15 is 0 Å². The molecule has 0 saturated carbocycles. The number of amides is 2. The van der Waals surface area contributed by atoms with Gasteiger partial charge in [-0.1, -0.05) is 43.8 Å². The SMILES string of the molecule is C=CC(=O)Nc1cccc(CC(=O)N2CCC(CC)c3ccccc32)c1. The van der Waals surface area contributed by atoms with Crippen LogP contribution in [-0.2, 0) is 16.0 Å². The van der Waals surface area contributed by atoms with Crippen LogP contribution < -0.4 is 10.2 Å². The third-order valence-corrected chi connectivity index (χ3v) is 4.90. The largest absolute Gasteiger partial charge is 0.323 e. The van der Waals surface area contributed by atoms with E-state index in [0.29, 0.717) is 18.0 Å². The molecule has 1 aliphatic rings. The van der Waals surface area contributed by atoms with E-state index in [9.17, 15) is 9.59 Å². The first-order valence-corrected chi connectivity index (χ1v) is 9.04. The molecule has 0 saturated heterocycles. The summed E-state index contributed by atoms with van der Waals surface area (Å²) in [5.74, 6) is 0.343. The number of hydrogen-bond donors (Lipinski definition) is 1. The summed E-state index contributed by atoms with van der Waals surface area (Å²) in [6.07, 6.45) is 3.62. The van der Waals surface area contributed by atoms with Gasteiger partial charge in [0.15, 0.2) is 0 Å². The van der Waals surface area contributed by atoms with Crippen molar-refractivity contribution in [3.05, 3.63) is 72.3 Å². The maximum atomic E-state index is 12.9. The quantitative estimate of drug-likeness (QED) is 0.820. The normalized spacial score (nSPS) is 15.9. The van der Waals surface area contributed by atoms with Gasteiger partial charge in [0, 0.05) is 17.9 Å². The molecule has 3 rings (SSSR count). The van der Waals surface area contributed by atoms with Crippen LogP contribution in [0.2, 0.25) is 0 Å². The average molecular weight is 348 g/mol. The van der Waals surface area contributed by atoms with Gasteiger partial charge in [0.1, 0.15) is 0 Å². The van der Waals surface area contributed by atoms with Crippen molar-refractivity contribution in [1.29, 1.82) is 0 Å². The number of anilines is 2. The third-order valence-electron chi connectivity index (χ3n) is 4.90. The molecule has 26 heavy (non-hydrogen) atoms. The smallest absolute Gasteiger partial charge is 0.247 e. The molecule has 134 valence electrons. The zero-order valence-electron chi connectivity index (χ0n) is 15.1. The fraction of sp³-hybridized carbons (Fsp3) is 0.273. The summed E-state index contributed by atoms with van der Waals surface area (Å²) < 4.78 is 0. The van der Waals surface area contributed by atoms with Crippen LogP contribution in [0.4, 0.5) is 11.4 Å². The molecule has 4 nitrogen and oxygen atoms in total. The summed E-state index contributed by atoms with van der Waals surface area (Å²) >= 11 is 0. The number of hydrogen-bond acceptors (Lipinski definition) is 2. The molecule has 1 aliphatic heterocycles. The second-order valence-electron chi connectivity index (χ2n) is 6.57. The maximum Gasteiger partial charge on any atom is 0.247 e. The zero-order valence-corrected chi connectivity index (χ0v) is 15.1. The first-order chi connectivity index (χ1) is 12.6. The molecule has 1 heterocycles. The van der Waals surface area contributed by atoms with Crippen LogP contribution in [0.5, 0.6) is 0 Å². The second-order valence-corrected chi connectivity index (χ2v) is 6.57. The Kier molecular flexibility index (Phi) is 5.52. The Morgan fingerprint density at radius 2 is 2.04 bits per heavy atom. The minimum atomic E-state index is -0.260. The number of nitrogens with one attached hydrogen (secondary N) is 1. The zero-order chi connectivity index (χ0) is 18.5. The lowest BCUT2D eigenvalue weighted by Crippen LogP contribution is -2.37. The van der Waals surface area contributed by atoms with E-state index in [0.717, 1.165) is 30.6 Å². The van der Waals surface area contributed by atoms with Gasteiger partial charge in [-0.25, -0.2) is 0 Å². The van der Waals surface area contributed by atoms with Crippen LogP contribution >= 0.6 is 0 Å². The van der Waals surface area contributed by atoms with Crippen molar-refractivity contribution in [2.75, 3.05) is 16.8 Å². The van der Waals surface area contributed by atoms with Crippen molar-refractivity contribution < 1.29 is 9.59 Å². The van der Waals surface area contributed by atoms with Gasteiger partial charge < -0.3 is 10.2 Å². The van der Waals surface area contributed by atoms with Crippen molar-refractivity contribution >= 4 is 23.2 Å². The van der Waals surface area contributed by atoms with E-state index < -0.39 is 0 Å². The van der Waals surface area contributed by atoms with Gasteiger partial charge in [-0.2, -0.15) is 0 Å². The van der Waals surface area contributed by atoms with Gasteiger partial charge in [-0.05, 0) is 54.2 Å². The number of carbonyl (C=O) groups is 2. The lowest BCUT2D eigenvalue weighted by Gasteiger charge is -2.34. The van der Waals surface area contributed by atoms with Crippen LogP contribution in [0.25, 0.3) is 0 Å². The highest BCUT2D eigenvalue weighted by molar-refractivity contribution is 5.99. The van der Waals surface area contributed by atoms with Gasteiger partial charge in [0.05, 0.1) is 6.42 Å². The Labute approximate surface area is 154 Å². The van der Waals surface area contributed by atoms with E-state index in [2.05, 4.69) is 24.9 Å². The Morgan fingerprint density at radius 3 is 2.81 bits per heavy atom. The van der Waals surface area contributed by atoms with Crippen molar-refractivity contribution in [2.24, 2.45) is 0 Å². The molecule has 0 aromatic heterocycles. The Balaban J connectivity index is 1.77. The van der Waals surface area contributed by atoms with E-state index in [1.54, 1.807) is 6.07 Å². The van der Waals surface area contributed by atoms with Crippen LogP contribution in [0.3, 0.4) is 0 Å². The van der Waals surface area contributed by atoms with Crippen molar-refractivity contribution in [2.45, 2.75) is 32.1 Å². The molecular formula is C22H24N2O2. The summed E-state index contributed by atoms with van der Waals surface area (Å²) in [5, 5.41) is 2.73. The van der Waals surface area contributed by atoms with E-state index in [1.807, 2.05) is 41.3 Å². The number of benzene rings is 2. The second kappa shape index (κ2) is 8.00. The predicted octanol–water partition coefficient (Wildman–Crippen LogP) is 4.28. The molecule has 1 N–H and O–H groups in total. The fourth-order valence-corrected chi connectivity index (χ4v) is 3.54. The minimum absolute atomic E-state index is 0.0826. The standard InChI is InChI=1S/C22H24N2O2/c1-3-17-12-13-24(20-11-6-5-10-19(17)20)22(26)15-16-8-7-9-18(14-16)23-21(25)4-2/h4-11,14,17H,2-3,12-13,15H2,1H3,(H,23,25). The van der Waals surface area contributed by atoms with Crippen LogP contribution in [0, 0.1) is 0 Å². The molecule has 0 bridgehead atoms. The monoisotopic (exact) mass is 348 g/mol. The number of rotatable bonds is 5. The van der Waals surface area contributed by atoms with Gasteiger partial charge in [-0.3, -0.25) is 9.59 Å². The maximum absolute atomic E-state index is 12.9. The predicted molar refractivity (Wildman–Crippen MR) is 105 cm³/mol. The van der Waals surface area contributed by atoms with Crippen LogP contribution in [0.1, 0.15) is 36.8 Å². The summed E-state index contributed by atoms with van der Waals surface area (Å²) in [6.45, 7) is 6.40. The summed E-state index contributed by atoms with van der Waals surface area (Å²) in [6, 6.07) is 15.6. The highest BCUT2D eigenvalue weighted by Crippen LogP contribution is 2.37. The Hall–Kier alpha value is -2.88. The Morgan fingerprint density at radius 1 is 1.23 bits per heavy atom. The Bertz CT molecular complexity index is 828. The van der Waals surface area contributed by atoms with E-state index in [4.69, 9.17) is 0 Å². The van der Waals surface area contributed by atoms with Crippen LogP contribution in [0.15, 0.2) is 61.2 Å². The summed E-state index contributed by atoms with van der Waals surface area (Å²) in [4.78, 5) is 26.3. The van der Waals surface area contributed by atoms with Gasteiger partial charge in [0.2, 0.25) is 11.8 Å². The van der Waals surface area contributed by atoms with Crippen molar-refractivity contribution in [3.8, 4) is 0 Å². The lowest BCUT2D eigenvalue weighted by molar-refractivity contribution is -0.118. The van der Waals surface area contributed by atoms with E-state index in [-0.39, 0.29) is 11.8 Å². The third kappa shape index (κ3) is 3.85. The topological polar surface area (TPSA) is 49.4 Å². The number of para-hydroxylation sites is 1. The molecule has 2 aromatic rings. The lowest BCUT2D eigenvalue weighted by atomic mass is 9.88. The average Bonchev–Trinajstić information content (AvgIpc) is 2.67. The molecule has 2 amide bonds. The fourth-order valence-electron chi connectivity index (χ4n) is 3.54. The number of carbonyl (C=O) groups excluding carboxylic acids is 2. The summed E-state index contributed by atoms with van der Waals surface area (Å²) in [5.41, 5.74) is 3.85. The molecule has 0 fully saturated rings. The van der Waals surface area contributed by atoms with Crippen molar-refractivity contribution in [3.63, 3.8) is 0 Å². The van der Waals surface area contributed by atoms with Crippen LogP contribution in [-0.4, -0.2) is 18.4 Å². The number of nitrogens with zero attached hydrogens (tertiary/aromatic N) is 1. The number of fused-ring (bicyclic) bond motifs is 1. The van der Waals surface area contributed by atoms with Crippen molar-refractivity contribution in [1.82, 2.24) is 0 Å². The molecule has 0 radical (unpaired) electrons.